The van der Waals surface area contributed by atoms with Crippen molar-refractivity contribution in [3.05, 3.63) is 47.5 Å². The number of benzene rings is 2. The maximum Gasteiger partial charge on any atom is 0.241 e. The Morgan fingerprint density at radius 1 is 1.17 bits per heavy atom. The number of hydrogen-bond acceptors (Lipinski definition) is 6. The number of nitrogens with one attached hydrogen (secondary N) is 1. The number of methoxy groups -OCH3 is 1. The summed E-state index contributed by atoms with van der Waals surface area (Å²) in [5.41, 5.74) is 2.00. The van der Waals surface area contributed by atoms with Gasteiger partial charge in [-0.2, -0.15) is 0 Å². The minimum Gasteiger partial charge on any atom is -0.495 e. The van der Waals surface area contributed by atoms with Crippen molar-refractivity contribution < 1.29 is 27.4 Å². The number of nitrogens with zero attached hydrogens (tertiary/aromatic N) is 1. The van der Waals surface area contributed by atoms with E-state index < -0.39 is 15.9 Å². The number of sulfonamides is 1. The first kappa shape index (κ1) is 21.8. The summed E-state index contributed by atoms with van der Waals surface area (Å²) in [6.07, 6.45) is 1.06. The Bertz CT molecular complexity index is 1040. The first-order chi connectivity index (χ1) is 14.2. The SMILES string of the molecule is COc1ccc(C)cc1N(CC(=O)N[C@H](C)c1ccc2c(c1)OCCO2)S(C)(=O)=O. The van der Waals surface area contributed by atoms with Crippen molar-refractivity contribution in [2.75, 3.05) is 37.4 Å². The second-order valence-corrected chi connectivity index (χ2v) is 9.04. The highest BCUT2D eigenvalue weighted by Crippen LogP contribution is 2.33. The Labute approximate surface area is 176 Å². The van der Waals surface area contributed by atoms with Gasteiger partial charge in [0.05, 0.1) is 25.1 Å². The number of carbonyl (C=O) groups is 1. The minimum atomic E-state index is -3.72. The van der Waals surface area contributed by atoms with Gasteiger partial charge < -0.3 is 19.5 Å². The fraction of sp³-hybridized carbons (Fsp3) is 0.381. The molecule has 1 amide bonds. The van der Waals surface area contributed by atoms with Gasteiger partial charge in [0.1, 0.15) is 25.5 Å². The largest absolute Gasteiger partial charge is 0.495 e. The summed E-state index contributed by atoms with van der Waals surface area (Å²) in [6, 6.07) is 10.3. The smallest absolute Gasteiger partial charge is 0.241 e. The molecule has 0 saturated heterocycles. The molecule has 2 aromatic carbocycles. The van der Waals surface area contributed by atoms with Crippen LogP contribution in [0.5, 0.6) is 17.2 Å². The van der Waals surface area contributed by atoms with E-state index in [1.54, 1.807) is 18.2 Å². The third-order valence-corrected chi connectivity index (χ3v) is 5.86. The quantitative estimate of drug-likeness (QED) is 0.719. The zero-order valence-corrected chi connectivity index (χ0v) is 18.3. The summed E-state index contributed by atoms with van der Waals surface area (Å²) in [4.78, 5) is 12.7. The molecule has 30 heavy (non-hydrogen) atoms. The zero-order chi connectivity index (χ0) is 21.9. The van der Waals surface area contributed by atoms with Crippen molar-refractivity contribution in [3.8, 4) is 17.2 Å². The number of anilines is 1. The summed E-state index contributed by atoms with van der Waals surface area (Å²) in [5, 5.41) is 2.85. The summed E-state index contributed by atoms with van der Waals surface area (Å²) < 4.78 is 42.3. The number of aryl methyl sites for hydroxylation is 1. The summed E-state index contributed by atoms with van der Waals surface area (Å²) in [6.45, 7) is 4.27. The van der Waals surface area contributed by atoms with Crippen LogP contribution in [0.2, 0.25) is 0 Å². The first-order valence-corrected chi connectivity index (χ1v) is 11.3. The van der Waals surface area contributed by atoms with E-state index in [9.17, 15) is 13.2 Å². The van der Waals surface area contributed by atoms with Crippen LogP contribution in [-0.2, 0) is 14.8 Å². The van der Waals surface area contributed by atoms with E-state index >= 15 is 0 Å². The van der Waals surface area contributed by atoms with Crippen molar-refractivity contribution >= 4 is 21.6 Å². The molecule has 1 aliphatic rings. The van der Waals surface area contributed by atoms with Crippen LogP contribution in [0.1, 0.15) is 24.1 Å². The van der Waals surface area contributed by atoms with Crippen LogP contribution < -0.4 is 23.8 Å². The summed E-state index contributed by atoms with van der Waals surface area (Å²) in [7, 11) is -2.26. The normalized spacial score (nSPS) is 14.0. The van der Waals surface area contributed by atoms with Gasteiger partial charge in [0.15, 0.2) is 11.5 Å². The Balaban J connectivity index is 1.78. The summed E-state index contributed by atoms with van der Waals surface area (Å²) >= 11 is 0. The lowest BCUT2D eigenvalue weighted by atomic mass is 10.1. The molecule has 0 aliphatic carbocycles. The highest BCUT2D eigenvalue weighted by molar-refractivity contribution is 7.92. The molecule has 0 radical (unpaired) electrons. The van der Waals surface area contributed by atoms with Gasteiger partial charge >= 0.3 is 0 Å². The van der Waals surface area contributed by atoms with Gasteiger partial charge in [-0.05, 0) is 49.2 Å². The van der Waals surface area contributed by atoms with Gasteiger partial charge in [-0.3, -0.25) is 9.10 Å². The van der Waals surface area contributed by atoms with E-state index in [1.807, 2.05) is 32.0 Å². The fourth-order valence-electron chi connectivity index (χ4n) is 3.21. The molecule has 2 aromatic rings. The Hall–Kier alpha value is -2.94. The van der Waals surface area contributed by atoms with Crippen LogP contribution in [-0.4, -0.2) is 47.4 Å². The van der Waals surface area contributed by atoms with Crippen molar-refractivity contribution in [2.45, 2.75) is 19.9 Å². The first-order valence-electron chi connectivity index (χ1n) is 9.50. The maximum absolute atomic E-state index is 12.7. The van der Waals surface area contributed by atoms with Gasteiger partial charge in [-0.1, -0.05) is 12.1 Å². The van der Waals surface area contributed by atoms with E-state index in [0.717, 1.165) is 21.7 Å². The molecule has 0 spiro atoms. The van der Waals surface area contributed by atoms with Crippen LogP contribution >= 0.6 is 0 Å². The van der Waals surface area contributed by atoms with Gasteiger partial charge in [0.2, 0.25) is 15.9 Å². The molecule has 0 saturated carbocycles. The molecule has 0 bridgehead atoms. The predicted octanol–water partition coefficient (Wildman–Crippen LogP) is 2.42. The Morgan fingerprint density at radius 3 is 2.53 bits per heavy atom. The molecule has 1 heterocycles. The Morgan fingerprint density at radius 2 is 1.87 bits per heavy atom. The van der Waals surface area contributed by atoms with Gasteiger partial charge in [-0.25, -0.2) is 8.42 Å². The second-order valence-electron chi connectivity index (χ2n) is 7.14. The lowest BCUT2D eigenvalue weighted by Crippen LogP contribution is -2.41. The third kappa shape index (κ3) is 4.96. The van der Waals surface area contributed by atoms with Crippen molar-refractivity contribution in [3.63, 3.8) is 0 Å². The van der Waals surface area contributed by atoms with Crippen LogP contribution in [0, 0.1) is 6.92 Å². The second kappa shape index (κ2) is 8.83. The standard InChI is InChI=1S/C21H26N2O6S/c1-14-5-7-18(27-3)17(11-14)23(30(4,25)26)13-21(24)22-15(2)16-6-8-19-20(12-16)29-10-9-28-19/h5-8,11-12,15H,9-10,13H2,1-4H3,(H,22,24)/t15-/m1/s1. The van der Waals surface area contributed by atoms with Crippen LogP contribution in [0.4, 0.5) is 5.69 Å². The number of rotatable bonds is 7. The van der Waals surface area contributed by atoms with Crippen LogP contribution in [0.3, 0.4) is 0 Å². The fourth-order valence-corrected chi connectivity index (χ4v) is 4.06. The zero-order valence-electron chi connectivity index (χ0n) is 17.5. The molecule has 3 rings (SSSR count). The van der Waals surface area contributed by atoms with Gasteiger partial charge in [0.25, 0.3) is 0 Å². The van der Waals surface area contributed by atoms with Crippen LogP contribution in [0.15, 0.2) is 36.4 Å². The molecular formula is C21H26N2O6S. The van der Waals surface area contributed by atoms with E-state index in [0.29, 0.717) is 36.1 Å². The lowest BCUT2D eigenvalue weighted by molar-refractivity contribution is -0.120. The number of carbonyl (C=O) groups excluding carboxylic acids is 1. The number of fused-ring (bicyclic) bond motifs is 1. The molecule has 0 unspecified atom stereocenters. The van der Waals surface area contributed by atoms with E-state index in [-0.39, 0.29) is 12.6 Å². The summed E-state index contributed by atoms with van der Waals surface area (Å²) in [5.74, 6) is 1.23. The predicted molar refractivity (Wildman–Crippen MR) is 114 cm³/mol. The lowest BCUT2D eigenvalue weighted by Gasteiger charge is -2.25. The number of ether oxygens (including phenoxy) is 3. The van der Waals surface area contributed by atoms with Crippen LogP contribution in [0.25, 0.3) is 0 Å². The highest BCUT2D eigenvalue weighted by Gasteiger charge is 2.25. The van der Waals surface area contributed by atoms with Gasteiger partial charge in [0, 0.05) is 0 Å². The number of hydrogen-bond donors (Lipinski definition) is 1. The maximum atomic E-state index is 12.7. The number of amides is 1. The molecule has 1 atom stereocenters. The van der Waals surface area contributed by atoms with Crippen molar-refractivity contribution in [2.24, 2.45) is 0 Å². The molecule has 0 aromatic heterocycles. The monoisotopic (exact) mass is 434 g/mol. The van der Waals surface area contributed by atoms with E-state index in [1.165, 1.54) is 7.11 Å². The Kier molecular flexibility index (Phi) is 6.40. The third-order valence-electron chi connectivity index (χ3n) is 4.73. The van der Waals surface area contributed by atoms with Crippen molar-refractivity contribution in [1.29, 1.82) is 0 Å². The molecule has 162 valence electrons. The van der Waals surface area contributed by atoms with Crippen molar-refractivity contribution in [1.82, 2.24) is 5.32 Å². The molecule has 1 aliphatic heterocycles. The highest BCUT2D eigenvalue weighted by atomic mass is 32.2. The average Bonchev–Trinajstić information content (AvgIpc) is 2.70. The average molecular weight is 435 g/mol. The van der Waals surface area contributed by atoms with E-state index in [4.69, 9.17) is 14.2 Å². The van der Waals surface area contributed by atoms with Gasteiger partial charge in [-0.15, -0.1) is 0 Å². The molecule has 1 N–H and O–H groups in total. The minimum absolute atomic E-state index is 0.321. The molecule has 0 fully saturated rings. The molecule has 8 nitrogen and oxygen atoms in total. The molecule has 9 heteroatoms. The van der Waals surface area contributed by atoms with E-state index in [2.05, 4.69) is 5.32 Å². The molecular weight excluding hydrogens is 408 g/mol. The topological polar surface area (TPSA) is 94.2 Å².